The molecule has 1 aromatic rings. The van der Waals surface area contributed by atoms with E-state index in [1.165, 1.54) is 0 Å². The van der Waals surface area contributed by atoms with Crippen molar-refractivity contribution in [2.75, 3.05) is 6.54 Å². The Morgan fingerprint density at radius 3 is 2.74 bits per heavy atom. The number of carbonyl (C=O) groups is 1. The first kappa shape index (κ1) is 15.2. The molecule has 0 unspecified atom stereocenters. The Balaban J connectivity index is 2.72. The van der Waals surface area contributed by atoms with E-state index in [1.807, 2.05) is 32.9 Å². The number of carbonyl (C=O) groups excluding carboxylic acids is 1. The molecule has 4 heteroatoms. The largest absolute Gasteiger partial charge is 0.337 e. The van der Waals surface area contributed by atoms with Crippen molar-refractivity contribution >= 4 is 5.91 Å². The Hall–Kier alpha value is -1.89. The van der Waals surface area contributed by atoms with E-state index in [2.05, 4.69) is 11.1 Å². The van der Waals surface area contributed by atoms with Gasteiger partial charge in [-0.05, 0) is 17.0 Å². The topological polar surface area (TPSA) is 57.0 Å². The first-order valence-corrected chi connectivity index (χ1v) is 6.46. The zero-order valence-electron chi connectivity index (χ0n) is 11.9. The van der Waals surface area contributed by atoms with Crippen LogP contribution in [-0.2, 0) is 11.3 Å². The summed E-state index contributed by atoms with van der Waals surface area (Å²) in [4.78, 5) is 18.1. The fourth-order valence-electron chi connectivity index (χ4n) is 1.75. The molecule has 0 radical (unpaired) electrons. The highest BCUT2D eigenvalue weighted by Gasteiger charge is 2.21. The third-order valence-electron chi connectivity index (χ3n) is 2.62. The average molecular weight is 259 g/mol. The number of nitrogens with zero attached hydrogens (tertiary/aromatic N) is 3. The summed E-state index contributed by atoms with van der Waals surface area (Å²) in [6, 6.07) is 5.89. The summed E-state index contributed by atoms with van der Waals surface area (Å²) in [6.07, 6.45) is 4.30. The predicted molar refractivity (Wildman–Crippen MR) is 74.0 cm³/mol. The van der Waals surface area contributed by atoms with E-state index >= 15 is 0 Å². The summed E-state index contributed by atoms with van der Waals surface area (Å²) in [7, 11) is 0. The number of amides is 1. The molecule has 1 heterocycles. The van der Waals surface area contributed by atoms with Crippen LogP contribution in [0, 0.1) is 16.7 Å². The van der Waals surface area contributed by atoms with Gasteiger partial charge in [-0.25, -0.2) is 0 Å². The van der Waals surface area contributed by atoms with Crippen molar-refractivity contribution < 1.29 is 4.79 Å². The zero-order chi connectivity index (χ0) is 14.3. The van der Waals surface area contributed by atoms with Crippen molar-refractivity contribution in [3.8, 4) is 6.07 Å². The molecule has 0 bridgehead atoms. The molecule has 0 aliphatic rings. The smallest absolute Gasteiger partial charge is 0.223 e. The van der Waals surface area contributed by atoms with Crippen molar-refractivity contribution in [2.45, 2.75) is 40.2 Å². The summed E-state index contributed by atoms with van der Waals surface area (Å²) in [5, 5.41) is 8.70. The van der Waals surface area contributed by atoms with Gasteiger partial charge in [0.1, 0.15) is 0 Å². The van der Waals surface area contributed by atoms with Gasteiger partial charge in [-0.1, -0.05) is 26.8 Å². The summed E-state index contributed by atoms with van der Waals surface area (Å²) >= 11 is 0. The molecule has 1 amide bonds. The molecule has 0 atom stereocenters. The second kappa shape index (κ2) is 6.89. The van der Waals surface area contributed by atoms with Gasteiger partial charge in [0.2, 0.25) is 5.91 Å². The molecule has 0 N–H and O–H groups in total. The second-order valence-corrected chi connectivity index (χ2v) is 5.82. The van der Waals surface area contributed by atoms with Crippen LogP contribution in [0.1, 0.15) is 39.2 Å². The van der Waals surface area contributed by atoms with Crippen LogP contribution in [0.3, 0.4) is 0 Å². The van der Waals surface area contributed by atoms with Crippen molar-refractivity contribution in [3.05, 3.63) is 30.1 Å². The van der Waals surface area contributed by atoms with Gasteiger partial charge in [-0.15, -0.1) is 0 Å². The Morgan fingerprint density at radius 1 is 1.47 bits per heavy atom. The quantitative estimate of drug-likeness (QED) is 0.817. The maximum atomic E-state index is 12.3. The fraction of sp³-hybridized carbons (Fsp3) is 0.533. The van der Waals surface area contributed by atoms with Gasteiger partial charge in [0.25, 0.3) is 0 Å². The van der Waals surface area contributed by atoms with Gasteiger partial charge >= 0.3 is 0 Å². The standard InChI is InChI=1S/C15H21N3O/c1-15(2,3)10-14(19)18(9-5-7-16)12-13-6-4-8-17-11-13/h4,6,8,11H,5,9-10,12H2,1-3H3. The molecule has 0 spiro atoms. The van der Waals surface area contributed by atoms with E-state index in [9.17, 15) is 4.79 Å². The van der Waals surface area contributed by atoms with Crippen molar-refractivity contribution in [2.24, 2.45) is 5.41 Å². The van der Waals surface area contributed by atoms with Gasteiger partial charge in [-0.2, -0.15) is 5.26 Å². The molecule has 19 heavy (non-hydrogen) atoms. The molecular weight excluding hydrogens is 238 g/mol. The summed E-state index contributed by atoms with van der Waals surface area (Å²) in [5.41, 5.74) is 0.944. The second-order valence-electron chi connectivity index (χ2n) is 5.82. The van der Waals surface area contributed by atoms with Crippen LogP contribution < -0.4 is 0 Å². The minimum Gasteiger partial charge on any atom is -0.337 e. The lowest BCUT2D eigenvalue weighted by molar-refractivity contribution is -0.133. The molecule has 0 aliphatic carbocycles. The number of aromatic nitrogens is 1. The lowest BCUT2D eigenvalue weighted by Gasteiger charge is -2.26. The highest BCUT2D eigenvalue weighted by molar-refractivity contribution is 5.76. The fourth-order valence-corrected chi connectivity index (χ4v) is 1.75. The van der Waals surface area contributed by atoms with Crippen LogP contribution in [0.2, 0.25) is 0 Å². The van der Waals surface area contributed by atoms with Gasteiger partial charge in [-0.3, -0.25) is 9.78 Å². The van der Waals surface area contributed by atoms with Crippen molar-refractivity contribution in [1.82, 2.24) is 9.88 Å². The first-order valence-electron chi connectivity index (χ1n) is 6.46. The van der Waals surface area contributed by atoms with E-state index in [0.717, 1.165) is 5.56 Å². The number of pyridine rings is 1. The molecule has 1 aromatic heterocycles. The average Bonchev–Trinajstić information content (AvgIpc) is 2.33. The molecular formula is C15H21N3O. The molecule has 0 saturated carbocycles. The normalized spacial score (nSPS) is 10.8. The van der Waals surface area contributed by atoms with Crippen LogP contribution >= 0.6 is 0 Å². The Kier molecular flexibility index (Phi) is 5.50. The number of nitriles is 1. The number of hydrogen-bond acceptors (Lipinski definition) is 3. The third kappa shape index (κ3) is 6.01. The van der Waals surface area contributed by atoms with E-state index < -0.39 is 0 Å². The SMILES string of the molecule is CC(C)(C)CC(=O)N(CCC#N)Cc1cccnc1. The van der Waals surface area contributed by atoms with Crippen LogP contribution in [0.25, 0.3) is 0 Å². The molecule has 0 saturated heterocycles. The summed E-state index contributed by atoms with van der Waals surface area (Å²) in [6.45, 7) is 7.11. The molecule has 1 rings (SSSR count). The van der Waals surface area contributed by atoms with E-state index in [0.29, 0.717) is 25.9 Å². The maximum Gasteiger partial charge on any atom is 0.223 e. The minimum absolute atomic E-state index is 0.0447. The van der Waals surface area contributed by atoms with Gasteiger partial charge < -0.3 is 4.90 Å². The molecule has 0 fully saturated rings. The van der Waals surface area contributed by atoms with E-state index in [1.54, 1.807) is 17.3 Å². The predicted octanol–water partition coefficient (Wildman–Crippen LogP) is 2.76. The van der Waals surface area contributed by atoms with Gasteiger partial charge in [0.15, 0.2) is 0 Å². The Labute approximate surface area is 115 Å². The van der Waals surface area contributed by atoms with Gasteiger partial charge in [0, 0.05) is 31.9 Å². The number of rotatable bonds is 5. The molecule has 102 valence electrons. The van der Waals surface area contributed by atoms with Crippen LogP contribution in [0.15, 0.2) is 24.5 Å². The van der Waals surface area contributed by atoms with Gasteiger partial charge in [0.05, 0.1) is 12.5 Å². The zero-order valence-corrected chi connectivity index (χ0v) is 11.9. The van der Waals surface area contributed by atoms with Crippen molar-refractivity contribution in [3.63, 3.8) is 0 Å². The molecule has 4 nitrogen and oxygen atoms in total. The summed E-state index contributed by atoms with van der Waals surface area (Å²) in [5.74, 6) is 0.0894. The number of hydrogen-bond donors (Lipinski definition) is 0. The van der Waals surface area contributed by atoms with E-state index in [4.69, 9.17) is 5.26 Å². The molecule has 0 aromatic carbocycles. The highest BCUT2D eigenvalue weighted by atomic mass is 16.2. The highest BCUT2D eigenvalue weighted by Crippen LogP contribution is 2.20. The lowest BCUT2D eigenvalue weighted by atomic mass is 9.91. The molecule has 0 aliphatic heterocycles. The van der Waals surface area contributed by atoms with Crippen LogP contribution in [-0.4, -0.2) is 22.3 Å². The van der Waals surface area contributed by atoms with Crippen molar-refractivity contribution in [1.29, 1.82) is 5.26 Å². The van der Waals surface area contributed by atoms with E-state index in [-0.39, 0.29) is 11.3 Å². The monoisotopic (exact) mass is 259 g/mol. The lowest BCUT2D eigenvalue weighted by Crippen LogP contribution is -2.33. The first-order chi connectivity index (χ1) is 8.92. The Morgan fingerprint density at radius 2 is 2.21 bits per heavy atom. The maximum absolute atomic E-state index is 12.3. The third-order valence-corrected chi connectivity index (χ3v) is 2.62. The summed E-state index contributed by atoms with van der Waals surface area (Å²) < 4.78 is 0. The minimum atomic E-state index is -0.0447. The van der Waals surface area contributed by atoms with Crippen LogP contribution in [0.4, 0.5) is 0 Å². The Bertz CT molecular complexity index is 443. The van der Waals surface area contributed by atoms with Crippen LogP contribution in [0.5, 0.6) is 0 Å².